The monoisotopic (exact) mass is 365 g/mol. The maximum atomic E-state index is 8.59. The maximum Gasteiger partial charge on any atom is 0.261 e. The molecule has 1 fully saturated rings. The Kier molecular flexibility index (Phi) is 5.51. The van der Waals surface area contributed by atoms with Gasteiger partial charge in [0.05, 0.1) is 0 Å². The van der Waals surface area contributed by atoms with Gasteiger partial charge in [-0.15, -0.1) is 0 Å². The number of nitrogens with zero attached hydrogens (tertiary/aromatic N) is 3. The van der Waals surface area contributed by atoms with Crippen LogP contribution in [0.1, 0.15) is 33.6 Å². The van der Waals surface area contributed by atoms with Gasteiger partial charge in [-0.1, -0.05) is 86.5 Å². The summed E-state index contributed by atoms with van der Waals surface area (Å²) in [6.07, 6.45) is 1.87. The van der Waals surface area contributed by atoms with Gasteiger partial charge in [-0.05, 0) is 39.7 Å². The smallest absolute Gasteiger partial charge is 0.261 e. The van der Waals surface area contributed by atoms with Gasteiger partial charge in [0.25, 0.3) is 8.32 Å². The van der Waals surface area contributed by atoms with Crippen molar-refractivity contribution in [2.45, 2.75) is 44.7 Å². The van der Waals surface area contributed by atoms with Crippen LogP contribution in [0, 0.1) is 5.92 Å². The molecule has 0 aromatic heterocycles. The van der Waals surface area contributed by atoms with Crippen LogP contribution in [-0.4, -0.2) is 21.0 Å². The van der Waals surface area contributed by atoms with Crippen molar-refractivity contribution in [3.8, 4) is 0 Å². The molecule has 0 heterocycles. The SMILES string of the molecule is CC(C)(C)[Si](OCC1CC(N=[N+]=[N-])C1)(c1ccccc1)c1ccccc1. The first-order valence-electron chi connectivity index (χ1n) is 9.26. The van der Waals surface area contributed by atoms with Crippen molar-refractivity contribution in [3.63, 3.8) is 0 Å². The summed E-state index contributed by atoms with van der Waals surface area (Å²) in [5, 5.41) is 6.45. The van der Waals surface area contributed by atoms with Crippen LogP contribution in [0.4, 0.5) is 0 Å². The van der Waals surface area contributed by atoms with Crippen molar-refractivity contribution < 1.29 is 4.43 Å². The summed E-state index contributed by atoms with van der Waals surface area (Å²) in [6.45, 7) is 7.61. The lowest BCUT2D eigenvalue weighted by molar-refractivity contribution is 0.152. The second kappa shape index (κ2) is 7.66. The third-order valence-electron chi connectivity index (χ3n) is 5.38. The topological polar surface area (TPSA) is 58.0 Å². The van der Waals surface area contributed by atoms with Gasteiger partial charge in [-0.25, -0.2) is 0 Å². The molecule has 1 aliphatic rings. The Morgan fingerprint density at radius 3 is 1.92 bits per heavy atom. The molecule has 3 rings (SSSR count). The Morgan fingerprint density at radius 2 is 1.50 bits per heavy atom. The molecule has 2 aromatic rings. The number of hydrogen-bond acceptors (Lipinski definition) is 2. The summed E-state index contributed by atoms with van der Waals surface area (Å²) in [6, 6.07) is 21.6. The zero-order chi connectivity index (χ0) is 18.6. The van der Waals surface area contributed by atoms with Crippen molar-refractivity contribution in [1.29, 1.82) is 0 Å². The highest BCUT2D eigenvalue weighted by atomic mass is 28.4. The van der Waals surface area contributed by atoms with E-state index < -0.39 is 8.32 Å². The first-order valence-corrected chi connectivity index (χ1v) is 11.2. The third-order valence-corrected chi connectivity index (χ3v) is 10.4. The van der Waals surface area contributed by atoms with Crippen LogP contribution in [-0.2, 0) is 4.43 Å². The van der Waals surface area contributed by atoms with Crippen LogP contribution in [0.2, 0.25) is 5.04 Å². The molecule has 1 aliphatic carbocycles. The first-order chi connectivity index (χ1) is 12.5. The van der Waals surface area contributed by atoms with Gasteiger partial charge in [0.1, 0.15) is 0 Å². The lowest BCUT2D eigenvalue weighted by atomic mass is 9.81. The predicted octanol–water partition coefficient (Wildman–Crippen LogP) is 4.65. The zero-order valence-corrected chi connectivity index (χ0v) is 16.8. The van der Waals surface area contributed by atoms with Crippen molar-refractivity contribution in [2.24, 2.45) is 11.0 Å². The summed E-state index contributed by atoms with van der Waals surface area (Å²) in [5.41, 5.74) is 8.59. The molecule has 5 heteroatoms. The molecule has 26 heavy (non-hydrogen) atoms. The Bertz CT molecular complexity index is 721. The van der Waals surface area contributed by atoms with Gasteiger partial charge >= 0.3 is 0 Å². The Morgan fingerprint density at radius 1 is 1.00 bits per heavy atom. The van der Waals surface area contributed by atoms with Crippen LogP contribution in [0.3, 0.4) is 0 Å². The number of azide groups is 1. The van der Waals surface area contributed by atoms with E-state index >= 15 is 0 Å². The molecular formula is C21H27N3OSi. The van der Waals surface area contributed by atoms with Crippen LogP contribution >= 0.6 is 0 Å². The average molecular weight is 366 g/mol. The van der Waals surface area contributed by atoms with Crippen LogP contribution < -0.4 is 10.4 Å². The van der Waals surface area contributed by atoms with Crippen LogP contribution in [0.5, 0.6) is 0 Å². The van der Waals surface area contributed by atoms with E-state index in [1.165, 1.54) is 10.4 Å². The highest BCUT2D eigenvalue weighted by Crippen LogP contribution is 2.39. The van der Waals surface area contributed by atoms with E-state index in [0.717, 1.165) is 19.4 Å². The first kappa shape index (κ1) is 18.7. The molecule has 0 unspecified atom stereocenters. The minimum atomic E-state index is -2.44. The minimum absolute atomic E-state index is 0.00363. The molecule has 4 nitrogen and oxygen atoms in total. The van der Waals surface area contributed by atoms with Crippen LogP contribution in [0.25, 0.3) is 10.4 Å². The van der Waals surface area contributed by atoms with Crippen molar-refractivity contribution in [1.82, 2.24) is 0 Å². The van der Waals surface area contributed by atoms with Gasteiger partial charge in [0.15, 0.2) is 0 Å². The number of hydrogen-bond donors (Lipinski definition) is 0. The molecule has 2 aromatic carbocycles. The predicted molar refractivity (Wildman–Crippen MR) is 109 cm³/mol. The summed E-state index contributed by atoms with van der Waals surface area (Å²) in [7, 11) is -2.44. The molecule has 0 atom stereocenters. The molecule has 0 aliphatic heterocycles. The molecule has 0 saturated heterocycles. The lowest BCUT2D eigenvalue weighted by Crippen LogP contribution is -2.67. The lowest BCUT2D eigenvalue weighted by Gasteiger charge is -2.45. The molecular weight excluding hydrogens is 338 g/mol. The summed E-state index contributed by atoms with van der Waals surface area (Å²) in [5.74, 6) is 0.479. The third kappa shape index (κ3) is 3.56. The van der Waals surface area contributed by atoms with Gasteiger partial charge in [0, 0.05) is 17.6 Å². The Balaban J connectivity index is 1.94. The molecule has 1 saturated carbocycles. The fourth-order valence-corrected chi connectivity index (χ4v) is 8.65. The number of rotatable bonds is 6. The highest BCUT2D eigenvalue weighted by Gasteiger charge is 2.50. The molecule has 0 spiro atoms. The van der Waals surface area contributed by atoms with Gasteiger partial charge in [-0.2, -0.15) is 0 Å². The minimum Gasteiger partial charge on any atom is -0.407 e. The van der Waals surface area contributed by atoms with E-state index in [2.05, 4.69) is 91.5 Å². The quantitative estimate of drug-likeness (QED) is 0.318. The normalized spacial score (nSPS) is 20.1. The Hall–Kier alpha value is -2.07. The second-order valence-electron chi connectivity index (χ2n) is 8.17. The van der Waals surface area contributed by atoms with Gasteiger partial charge in [0.2, 0.25) is 0 Å². The average Bonchev–Trinajstić information content (AvgIpc) is 2.60. The fraction of sp³-hybridized carbons (Fsp3) is 0.429. The zero-order valence-electron chi connectivity index (χ0n) is 15.8. The van der Waals surface area contributed by atoms with E-state index in [9.17, 15) is 0 Å². The summed E-state index contributed by atoms with van der Waals surface area (Å²) < 4.78 is 6.90. The van der Waals surface area contributed by atoms with E-state index in [0.29, 0.717) is 5.92 Å². The molecule has 0 bridgehead atoms. The number of benzene rings is 2. The molecule has 0 N–H and O–H groups in total. The van der Waals surface area contributed by atoms with E-state index in [4.69, 9.17) is 9.96 Å². The fourth-order valence-electron chi connectivity index (χ4n) is 4.01. The van der Waals surface area contributed by atoms with Gasteiger partial charge < -0.3 is 4.43 Å². The molecule has 136 valence electrons. The van der Waals surface area contributed by atoms with Crippen LogP contribution in [0.15, 0.2) is 65.8 Å². The second-order valence-corrected chi connectivity index (χ2v) is 12.5. The van der Waals surface area contributed by atoms with Crippen molar-refractivity contribution in [2.75, 3.05) is 6.61 Å². The standard InChI is InChI=1S/C21H27N3OSi/c1-21(2,3)26(19-10-6-4-7-11-19,20-12-8-5-9-13-20)25-16-17-14-18(15-17)23-24-22/h4-13,17-18H,14-16H2,1-3H3. The summed E-state index contributed by atoms with van der Waals surface area (Å²) >= 11 is 0. The Labute approximate surface area is 157 Å². The highest BCUT2D eigenvalue weighted by molar-refractivity contribution is 6.99. The van der Waals surface area contributed by atoms with Gasteiger partial charge in [-0.3, -0.25) is 0 Å². The summed E-state index contributed by atoms with van der Waals surface area (Å²) in [4.78, 5) is 2.93. The largest absolute Gasteiger partial charge is 0.407 e. The molecule has 0 amide bonds. The van der Waals surface area contributed by atoms with Crippen molar-refractivity contribution >= 4 is 18.7 Å². The van der Waals surface area contributed by atoms with E-state index in [1.807, 2.05) is 0 Å². The van der Waals surface area contributed by atoms with E-state index in [-0.39, 0.29) is 11.1 Å². The van der Waals surface area contributed by atoms with E-state index in [1.54, 1.807) is 0 Å². The maximum absolute atomic E-state index is 8.59. The molecule has 0 radical (unpaired) electrons. The van der Waals surface area contributed by atoms with Crippen molar-refractivity contribution in [3.05, 3.63) is 71.1 Å².